The van der Waals surface area contributed by atoms with E-state index in [1.165, 1.54) is 18.4 Å². The molecule has 2 amide bonds. The number of furan rings is 1. The minimum Gasteiger partial charge on any atom is -0.465 e. The van der Waals surface area contributed by atoms with Crippen LogP contribution in [0.1, 0.15) is 17.4 Å². The summed E-state index contributed by atoms with van der Waals surface area (Å²) in [6, 6.07) is 12.4. The van der Waals surface area contributed by atoms with Crippen LogP contribution in [0.15, 0.2) is 59.2 Å². The van der Waals surface area contributed by atoms with Gasteiger partial charge in [-0.2, -0.15) is 0 Å². The number of carbonyl (C=O) groups is 2. The molecule has 0 spiro atoms. The van der Waals surface area contributed by atoms with Gasteiger partial charge >= 0.3 is 6.09 Å². The molecule has 1 aliphatic heterocycles. The molecule has 0 N–H and O–H groups in total. The Hall–Kier alpha value is -2.82. The van der Waals surface area contributed by atoms with Crippen molar-refractivity contribution in [3.63, 3.8) is 0 Å². The van der Waals surface area contributed by atoms with Crippen molar-refractivity contribution in [2.24, 2.45) is 0 Å². The lowest BCUT2D eigenvalue weighted by atomic mass is 10.1. The van der Waals surface area contributed by atoms with Gasteiger partial charge in [0.1, 0.15) is 18.4 Å². The third-order valence-corrected chi connectivity index (χ3v) is 3.23. The van der Waals surface area contributed by atoms with Crippen LogP contribution < -0.4 is 0 Å². The monoisotopic (exact) mass is 283 g/mol. The molecule has 1 aromatic heterocycles. The highest BCUT2D eigenvalue weighted by atomic mass is 16.6. The number of hydrogen-bond acceptors (Lipinski definition) is 4. The van der Waals surface area contributed by atoms with E-state index in [0.29, 0.717) is 5.76 Å². The number of benzene rings is 1. The lowest BCUT2D eigenvalue weighted by Gasteiger charge is -2.18. The molecule has 0 bridgehead atoms. The Morgan fingerprint density at radius 2 is 2.00 bits per heavy atom. The molecule has 3 rings (SSSR count). The number of amides is 2. The van der Waals surface area contributed by atoms with E-state index in [0.717, 1.165) is 10.5 Å². The van der Waals surface area contributed by atoms with Gasteiger partial charge in [-0.3, -0.25) is 4.79 Å². The molecule has 1 aromatic carbocycles. The van der Waals surface area contributed by atoms with Gasteiger partial charge in [0.25, 0.3) is 5.91 Å². The van der Waals surface area contributed by atoms with Crippen molar-refractivity contribution in [3.05, 3.63) is 66.1 Å². The van der Waals surface area contributed by atoms with Crippen LogP contribution in [0.4, 0.5) is 4.79 Å². The Kier molecular flexibility index (Phi) is 3.55. The SMILES string of the molecule is O=C(/C=C/c1ccco1)N1C(=O)OC[C@@H]1c1ccccc1. The van der Waals surface area contributed by atoms with Gasteiger partial charge in [-0.15, -0.1) is 0 Å². The Labute approximate surface area is 121 Å². The van der Waals surface area contributed by atoms with Gasteiger partial charge < -0.3 is 9.15 Å². The summed E-state index contributed by atoms with van der Waals surface area (Å²) in [6.07, 6.45) is 3.72. The zero-order valence-corrected chi connectivity index (χ0v) is 11.1. The Morgan fingerprint density at radius 1 is 1.19 bits per heavy atom. The van der Waals surface area contributed by atoms with E-state index in [9.17, 15) is 9.59 Å². The fourth-order valence-corrected chi connectivity index (χ4v) is 2.21. The topological polar surface area (TPSA) is 59.8 Å². The maximum Gasteiger partial charge on any atom is 0.417 e. The quantitative estimate of drug-likeness (QED) is 0.812. The fraction of sp³-hybridized carbons (Fsp3) is 0.125. The number of imide groups is 1. The van der Waals surface area contributed by atoms with Crippen molar-refractivity contribution in [2.45, 2.75) is 6.04 Å². The summed E-state index contributed by atoms with van der Waals surface area (Å²) in [6.45, 7) is 0.170. The van der Waals surface area contributed by atoms with Crippen LogP contribution in [0.2, 0.25) is 0 Å². The standard InChI is InChI=1S/C16H13NO4/c18-15(9-8-13-7-4-10-20-13)17-14(11-21-16(17)19)12-5-2-1-3-6-12/h1-10,14H,11H2/b9-8+/t14-/m1/s1. The minimum absolute atomic E-state index is 0.170. The van der Waals surface area contributed by atoms with Crippen LogP contribution in [0.5, 0.6) is 0 Å². The molecular formula is C16H13NO4. The van der Waals surface area contributed by atoms with Gasteiger partial charge in [-0.25, -0.2) is 9.69 Å². The molecule has 0 aliphatic carbocycles. The van der Waals surface area contributed by atoms with E-state index in [2.05, 4.69) is 0 Å². The van der Waals surface area contributed by atoms with Gasteiger partial charge in [-0.05, 0) is 23.8 Å². The highest BCUT2D eigenvalue weighted by Gasteiger charge is 2.37. The lowest BCUT2D eigenvalue weighted by molar-refractivity contribution is -0.124. The first kappa shape index (κ1) is 13.2. The van der Waals surface area contributed by atoms with E-state index in [1.807, 2.05) is 30.3 Å². The van der Waals surface area contributed by atoms with Gasteiger partial charge in [0.2, 0.25) is 0 Å². The maximum absolute atomic E-state index is 12.2. The molecule has 1 aliphatic rings. The molecule has 2 heterocycles. The zero-order valence-electron chi connectivity index (χ0n) is 11.1. The third kappa shape index (κ3) is 2.72. The Morgan fingerprint density at radius 3 is 2.71 bits per heavy atom. The summed E-state index contributed by atoms with van der Waals surface area (Å²) in [5.41, 5.74) is 0.864. The highest BCUT2D eigenvalue weighted by Crippen LogP contribution is 2.27. The molecule has 5 nitrogen and oxygen atoms in total. The van der Waals surface area contributed by atoms with Crippen LogP contribution >= 0.6 is 0 Å². The molecule has 0 saturated carbocycles. The number of carbonyl (C=O) groups excluding carboxylic acids is 2. The Bertz CT molecular complexity index is 661. The van der Waals surface area contributed by atoms with Crippen molar-refractivity contribution in [1.29, 1.82) is 0 Å². The average Bonchev–Trinajstić information content (AvgIpc) is 3.15. The van der Waals surface area contributed by atoms with Crippen molar-refractivity contribution < 1.29 is 18.7 Å². The lowest BCUT2D eigenvalue weighted by Crippen LogP contribution is -2.32. The van der Waals surface area contributed by atoms with Gasteiger partial charge in [0.05, 0.1) is 6.26 Å². The molecule has 106 valence electrons. The molecule has 21 heavy (non-hydrogen) atoms. The van der Waals surface area contributed by atoms with E-state index in [4.69, 9.17) is 9.15 Å². The summed E-state index contributed by atoms with van der Waals surface area (Å²) < 4.78 is 10.1. The average molecular weight is 283 g/mol. The van der Waals surface area contributed by atoms with Gasteiger partial charge in [-0.1, -0.05) is 30.3 Å². The van der Waals surface area contributed by atoms with Crippen LogP contribution in [-0.2, 0) is 9.53 Å². The normalized spacial score (nSPS) is 18.2. The first-order valence-corrected chi connectivity index (χ1v) is 6.52. The first-order chi connectivity index (χ1) is 10.3. The number of hydrogen-bond donors (Lipinski definition) is 0. The van der Waals surface area contributed by atoms with E-state index < -0.39 is 18.0 Å². The molecule has 5 heteroatoms. The van der Waals surface area contributed by atoms with Crippen LogP contribution in [0.25, 0.3) is 6.08 Å². The molecule has 2 aromatic rings. The molecular weight excluding hydrogens is 270 g/mol. The van der Waals surface area contributed by atoms with Crippen molar-refractivity contribution in [3.8, 4) is 0 Å². The summed E-state index contributed by atoms with van der Waals surface area (Å²) in [5.74, 6) is 0.120. The largest absolute Gasteiger partial charge is 0.465 e. The van der Waals surface area contributed by atoms with E-state index in [1.54, 1.807) is 12.1 Å². The predicted octanol–water partition coefficient (Wildman–Crippen LogP) is 3.01. The molecule has 1 atom stereocenters. The number of nitrogens with zero attached hydrogens (tertiary/aromatic N) is 1. The zero-order chi connectivity index (χ0) is 14.7. The fourth-order valence-electron chi connectivity index (χ4n) is 2.21. The number of ether oxygens (including phenoxy) is 1. The summed E-state index contributed by atoms with van der Waals surface area (Å²) in [4.78, 5) is 25.1. The highest BCUT2D eigenvalue weighted by molar-refractivity contribution is 6.01. The van der Waals surface area contributed by atoms with Crippen molar-refractivity contribution >= 4 is 18.1 Å². The van der Waals surface area contributed by atoms with Crippen molar-refractivity contribution in [1.82, 2.24) is 4.90 Å². The predicted molar refractivity (Wildman–Crippen MR) is 75.1 cm³/mol. The van der Waals surface area contributed by atoms with E-state index in [-0.39, 0.29) is 6.61 Å². The van der Waals surface area contributed by atoms with Gasteiger partial charge in [0, 0.05) is 6.08 Å². The molecule has 0 unspecified atom stereocenters. The molecule has 0 radical (unpaired) electrons. The smallest absolute Gasteiger partial charge is 0.417 e. The van der Waals surface area contributed by atoms with Crippen LogP contribution in [-0.4, -0.2) is 23.5 Å². The summed E-state index contributed by atoms with van der Waals surface area (Å²) in [7, 11) is 0. The van der Waals surface area contributed by atoms with Gasteiger partial charge in [0.15, 0.2) is 0 Å². The van der Waals surface area contributed by atoms with Crippen LogP contribution in [0, 0.1) is 0 Å². The second-order valence-electron chi connectivity index (χ2n) is 4.56. The van der Waals surface area contributed by atoms with E-state index >= 15 is 0 Å². The molecule has 1 fully saturated rings. The molecule has 1 saturated heterocycles. The van der Waals surface area contributed by atoms with Crippen LogP contribution in [0.3, 0.4) is 0 Å². The van der Waals surface area contributed by atoms with Crippen molar-refractivity contribution in [2.75, 3.05) is 6.61 Å². The number of rotatable bonds is 3. The first-order valence-electron chi connectivity index (χ1n) is 6.52. The summed E-state index contributed by atoms with van der Waals surface area (Å²) >= 11 is 0. The Balaban J connectivity index is 1.81. The third-order valence-electron chi connectivity index (χ3n) is 3.23. The summed E-state index contributed by atoms with van der Waals surface area (Å²) in [5, 5.41) is 0. The maximum atomic E-state index is 12.2. The second-order valence-corrected chi connectivity index (χ2v) is 4.56. The number of cyclic esters (lactones) is 1. The second kappa shape index (κ2) is 5.66. The minimum atomic E-state index is -0.627.